The first-order valence-electron chi connectivity index (χ1n) is 12.4. The predicted molar refractivity (Wildman–Crippen MR) is 139 cm³/mol. The number of carbonyl (C=O) groups is 2. The number of aliphatic hydroxyl groups excluding tert-OH is 1. The zero-order valence-corrected chi connectivity index (χ0v) is 20.6. The van der Waals surface area contributed by atoms with Crippen LogP contribution in [0.5, 0.6) is 0 Å². The number of halogens is 1. The van der Waals surface area contributed by atoms with E-state index in [-0.39, 0.29) is 11.9 Å². The third kappa shape index (κ3) is 4.84. The van der Waals surface area contributed by atoms with Crippen LogP contribution < -0.4 is 5.32 Å². The minimum Gasteiger partial charge on any atom is -0.391 e. The quantitative estimate of drug-likeness (QED) is 0.388. The minimum absolute atomic E-state index is 0.136. The molecule has 0 spiro atoms. The van der Waals surface area contributed by atoms with E-state index in [1.165, 1.54) is 30.3 Å². The first-order chi connectivity index (χ1) is 17.9. The standard InChI is InChI=1S/C27H29FN6O3/c1-3-24(36)32-13-5-4-6-20(16-32)34-25-21-14-29-33(15-17(2)35)23(21)12-11-22(25)30-27(34)31-26(37)18-7-9-19(28)10-8-18/h3,7-12,14,17,20,35H,1,4-6,13,15-16H2,2H3,(H,30,31,37)/t17-,20-/m1/s1. The topological polar surface area (TPSA) is 105 Å². The average molecular weight is 505 g/mol. The van der Waals surface area contributed by atoms with Gasteiger partial charge in [0.2, 0.25) is 11.9 Å². The van der Waals surface area contributed by atoms with Crippen LogP contribution in [0.25, 0.3) is 21.9 Å². The molecule has 2 aromatic carbocycles. The van der Waals surface area contributed by atoms with E-state index in [4.69, 9.17) is 4.98 Å². The molecule has 9 nitrogen and oxygen atoms in total. The van der Waals surface area contributed by atoms with E-state index in [0.717, 1.165) is 35.7 Å². The van der Waals surface area contributed by atoms with Crippen LogP contribution in [0.1, 0.15) is 42.6 Å². The van der Waals surface area contributed by atoms with Crippen molar-refractivity contribution in [3.05, 3.63) is 66.6 Å². The van der Waals surface area contributed by atoms with Gasteiger partial charge < -0.3 is 14.6 Å². The first kappa shape index (κ1) is 24.6. The maximum absolute atomic E-state index is 13.4. The molecular formula is C27H29FN6O3. The zero-order chi connectivity index (χ0) is 26.1. The fraction of sp³-hybridized carbons (Fsp3) is 0.333. The first-order valence-corrected chi connectivity index (χ1v) is 12.4. The zero-order valence-electron chi connectivity index (χ0n) is 20.6. The molecule has 0 unspecified atom stereocenters. The number of aromatic nitrogens is 4. The molecule has 1 aliphatic rings. The Morgan fingerprint density at radius 2 is 2.03 bits per heavy atom. The van der Waals surface area contributed by atoms with Crippen LogP contribution in [0.4, 0.5) is 10.3 Å². The Kier molecular flexibility index (Phi) is 6.75. The molecule has 0 aliphatic carbocycles. The van der Waals surface area contributed by atoms with Gasteiger partial charge in [-0.1, -0.05) is 6.58 Å². The molecule has 37 heavy (non-hydrogen) atoms. The third-order valence-corrected chi connectivity index (χ3v) is 6.74. The van der Waals surface area contributed by atoms with E-state index >= 15 is 0 Å². The number of amides is 2. The van der Waals surface area contributed by atoms with Gasteiger partial charge in [-0.25, -0.2) is 9.37 Å². The van der Waals surface area contributed by atoms with Crippen molar-refractivity contribution in [2.45, 2.75) is 44.9 Å². The van der Waals surface area contributed by atoms with Crippen molar-refractivity contribution in [1.82, 2.24) is 24.2 Å². The summed E-state index contributed by atoms with van der Waals surface area (Å²) in [6.07, 6.45) is 5.03. The summed E-state index contributed by atoms with van der Waals surface area (Å²) in [7, 11) is 0. The van der Waals surface area contributed by atoms with Crippen LogP contribution in [0.3, 0.4) is 0 Å². The highest BCUT2D eigenvalue weighted by Gasteiger charge is 2.28. The fourth-order valence-corrected chi connectivity index (χ4v) is 5.02. The highest BCUT2D eigenvalue weighted by atomic mass is 19.1. The lowest BCUT2D eigenvalue weighted by Crippen LogP contribution is -2.34. The van der Waals surface area contributed by atoms with Gasteiger partial charge in [0, 0.05) is 24.0 Å². The lowest BCUT2D eigenvalue weighted by atomic mass is 10.1. The highest BCUT2D eigenvalue weighted by molar-refractivity contribution is 6.07. The number of hydrogen-bond acceptors (Lipinski definition) is 5. The van der Waals surface area contributed by atoms with Gasteiger partial charge in [0.15, 0.2) is 0 Å². The van der Waals surface area contributed by atoms with Gasteiger partial charge >= 0.3 is 0 Å². The summed E-state index contributed by atoms with van der Waals surface area (Å²) in [5.41, 5.74) is 2.60. The van der Waals surface area contributed by atoms with E-state index in [9.17, 15) is 19.1 Å². The Morgan fingerprint density at radius 3 is 2.76 bits per heavy atom. The van der Waals surface area contributed by atoms with Gasteiger partial charge in [-0.15, -0.1) is 0 Å². The monoisotopic (exact) mass is 504 g/mol. The number of rotatable bonds is 6. The van der Waals surface area contributed by atoms with E-state index in [2.05, 4.69) is 17.0 Å². The second-order valence-corrected chi connectivity index (χ2v) is 9.45. The number of nitrogens with one attached hydrogen (secondary N) is 1. The number of anilines is 1. The molecule has 0 saturated carbocycles. The van der Waals surface area contributed by atoms with Crippen LogP contribution in [-0.4, -0.2) is 60.3 Å². The lowest BCUT2D eigenvalue weighted by Gasteiger charge is -2.26. The summed E-state index contributed by atoms with van der Waals surface area (Å²) in [5, 5.41) is 18.2. The molecule has 1 saturated heterocycles. The van der Waals surface area contributed by atoms with Gasteiger partial charge in [-0.2, -0.15) is 5.10 Å². The normalized spacial score (nSPS) is 17.1. The van der Waals surface area contributed by atoms with E-state index < -0.39 is 17.8 Å². The number of carbonyl (C=O) groups excluding carboxylic acids is 2. The summed E-state index contributed by atoms with van der Waals surface area (Å²) < 4.78 is 17.1. The molecule has 4 aromatic rings. The van der Waals surface area contributed by atoms with Crippen LogP contribution >= 0.6 is 0 Å². The summed E-state index contributed by atoms with van der Waals surface area (Å²) in [6, 6.07) is 8.93. The molecule has 1 aliphatic heterocycles. The van der Waals surface area contributed by atoms with Crippen molar-refractivity contribution >= 4 is 39.7 Å². The smallest absolute Gasteiger partial charge is 0.257 e. The molecule has 2 N–H and O–H groups in total. The second-order valence-electron chi connectivity index (χ2n) is 9.45. The number of likely N-dealkylation sites (tertiary alicyclic amines) is 1. The fourth-order valence-electron chi connectivity index (χ4n) is 5.02. The van der Waals surface area contributed by atoms with Gasteiger partial charge in [-0.05, 0) is 68.7 Å². The number of nitrogens with zero attached hydrogens (tertiary/aromatic N) is 5. The maximum Gasteiger partial charge on any atom is 0.257 e. The van der Waals surface area contributed by atoms with E-state index in [0.29, 0.717) is 36.7 Å². The Balaban J connectivity index is 1.65. The average Bonchev–Trinajstić information content (AvgIpc) is 3.35. The van der Waals surface area contributed by atoms with Crippen molar-refractivity contribution in [2.75, 3.05) is 18.4 Å². The Hall–Kier alpha value is -4.05. The molecule has 10 heteroatoms. The molecular weight excluding hydrogens is 475 g/mol. The molecule has 0 radical (unpaired) electrons. The van der Waals surface area contributed by atoms with Crippen molar-refractivity contribution in [3.63, 3.8) is 0 Å². The number of fused-ring (bicyclic) bond motifs is 3. The molecule has 1 fully saturated rings. The van der Waals surface area contributed by atoms with Crippen molar-refractivity contribution in [3.8, 4) is 0 Å². The van der Waals surface area contributed by atoms with Gasteiger partial charge in [-0.3, -0.25) is 19.6 Å². The third-order valence-electron chi connectivity index (χ3n) is 6.74. The molecule has 2 aromatic heterocycles. The number of aliphatic hydroxyl groups is 1. The van der Waals surface area contributed by atoms with Gasteiger partial charge in [0.25, 0.3) is 5.91 Å². The Morgan fingerprint density at radius 1 is 1.24 bits per heavy atom. The van der Waals surface area contributed by atoms with Crippen LogP contribution in [0, 0.1) is 5.82 Å². The Bertz CT molecular complexity index is 1470. The maximum atomic E-state index is 13.4. The molecule has 192 valence electrons. The number of benzene rings is 2. The molecule has 0 bridgehead atoms. The van der Waals surface area contributed by atoms with Gasteiger partial charge in [0.05, 0.1) is 41.4 Å². The van der Waals surface area contributed by atoms with Crippen LogP contribution in [0.2, 0.25) is 0 Å². The molecule has 5 rings (SSSR count). The largest absolute Gasteiger partial charge is 0.391 e. The summed E-state index contributed by atoms with van der Waals surface area (Å²) in [4.78, 5) is 32.2. The molecule has 3 heterocycles. The van der Waals surface area contributed by atoms with Crippen molar-refractivity contribution in [1.29, 1.82) is 0 Å². The summed E-state index contributed by atoms with van der Waals surface area (Å²) in [6.45, 7) is 6.75. The summed E-state index contributed by atoms with van der Waals surface area (Å²) >= 11 is 0. The van der Waals surface area contributed by atoms with Crippen molar-refractivity contribution in [2.24, 2.45) is 0 Å². The second kappa shape index (κ2) is 10.1. The SMILES string of the molecule is C=CC(=O)N1CCCC[C@@H](n2c(NC(=O)c3ccc(F)cc3)nc3ccc4c(cnn4C[C@@H](C)O)c32)C1. The number of imidazole rings is 1. The minimum atomic E-state index is -0.574. The van der Waals surface area contributed by atoms with Crippen molar-refractivity contribution < 1.29 is 19.1 Å². The molecule has 2 atom stereocenters. The van der Waals surface area contributed by atoms with E-state index in [1.807, 2.05) is 16.7 Å². The van der Waals surface area contributed by atoms with E-state index in [1.54, 1.807) is 22.7 Å². The summed E-state index contributed by atoms with van der Waals surface area (Å²) in [5.74, 6) is -0.628. The molecule has 2 amide bonds. The highest BCUT2D eigenvalue weighted by Crippen LogP contribution is 2.34. The van der Waals surface area contributed by atoms with Crippen LogP contribution in [-0.2, 0) is 11.3 Å². The lowest BCUT2D eigenvalue weighted by molar-refractivity contribution is -0.126. The van der Waals surface area contributed by atoms with Gasteiger partial charge in [0.1, 0.15) is 5.82 Å². The number of hydrogen-bond donors (Lipinski definition) is 2. The van der Waals surface area contributed by atoms with Crippen LogP contribution in [0.15, 0.2) is 55.3 Å². The Labute approximate surface area is 213 Å². The predicted octanol–water partition coefficient (Wildman–Crippen LogP) is 3.90.